The Hall–Kier alpha value is -1.92. The maximum atomic E-state index is 13.4. The lowest BCUT2D eigenvalue weighted by atomic mass is 10.2. The number of carbonyl (C=O) groups is 1. The molecule has 3 rings (SSSR count). The normalized spacial score (nSPS) is 12.3. The van der Waals surface area contributed by atoms with Gasteiger partial charge >= 0.3 is 0 Å². The molecule has 0 spiro atoms. The van der Waals surface area contributed by atoms with Crippen LogP contribution in [0.25, 0.3) is 0 Å². The van der Waals surface area contributed by atoms with Crippen LogP contribution in [-0.2, 0) is 10.5 Å². The van der Waals surface area contributed by atoms with Gasteiger partial charge in [-0.05, 0) is 29.8 Å². The van der Waals surface area contributed by atoms with Crippen molar-refractivity contribution >= 4 is 35.0 Å². The molecule has 0 saturated carbocycles. The highest BCUT2D eigenvalue weighted by molar-refractivity contribution is 7.99. The third kappa shape index (κ3) is 3.89. The van der Waals surface area contributed by atoms with E-state index < -0.39 is 5.82 Å². The third-order valence-corrected chi connectivity index (χ3v) is 4.42. The van der Waals surface area contributed by atoms with Gasteiger partial charge in [-0.2, -0.15) is 0 Å². The van der Waals surface area contributed by atoms with Crippen LogP contribution in [-0.4, -0.2) is 18.5 Å². The number of nitrogens with one attached hydrogen (secondary N) is 1. The summed E-state index contributed by atoms with van der Waals surface area (Å²) in [7, 11) is 0. The third-order valence-electron chi connectivity index (χ3n) is 3.14. The number of hydrogen-bond donors (Lipinski definition) is 1. The maximum Gasteiger partial charge on any atom is 0.234 e. The van der Waals surface area contributed by atoms with Gasteiger partial charge < -0.3 is 14.8 Å². The number of fused-ring (bicyclic) bond motifs is 1. The van der Waals surface area contributed by atoms with Gasteiger partial charge in [-0.15, -0.1) is 11.8 Å². The molecule has 2 aromatic carbocycles. The van der Waals surface area contributed by atoms with E-state index in [9.17, 15) is 9.18 Å². The molecule has 1 amide bonds. The smallest absolute Gasteiger partial charge is 0.234 e. The van der Waals surface area contributed by atoms with Gasteiger partial charge in [0.1, 0.15) is 5.82 Å². The van der Waals surface area contributed by atoms with Crippen LogP contribution in [0, 0.1) is 5.82 Å². The fourth-order valence-corrected chi connectivity index (χ4v) is 3.16. The molecule has 0 aliphatic carbocycles. The molecule has 120 valence electrons. The van der Waals surface area contributed by atoms with Gasteiger partial charge in [0.05, 0.1) is 16.5 Å². The van der Waals surface area contributed by atoms with Crippen LogP contribution in [0.3, 0.4) is 0 Å². The molecule has 1 heterocycles. The molecule has 7 heteroatoms. The van der Waals surface area contributed by atoms with Gasteiger partial charge in [0, 0.05) is 5.75 Å². The number of amides is 1. The zero-order valence-electron chi connectivity index (χ0n) is 12.0. The first-order valence-corrected chi connectivity index (χ1v) is 8.37. The number of anilines is 1. The van der Waals surface area contributed by atoms with E-state index >= 15 is 0 Å². The molecule has 2 aromatic rings. The number of halogens is 2. The first-order chi connectivity index (χ1) is 11.1. The maximum absolute atomic E-state index is 13.4. The summed E-state index contributed by atoms with van der Waals surface area (Å²) in [5, 5.41) is 3.04. The summed E-state index contributed by atoms with van der Waals surface area (Å²) in [6, 6.07) is 9.70. The predicted octanol–water partition coefficient (Wildman–Crippen LogP) is 4.08. The molecule has 0 unspecified atom stereocenters. The average molecular weight is 354 g/mol. The van der Waals surface area contributed by atoms with Crippen molar-refractivity contribution in [1.29, 1.82) is 0 Å². The minimum atomic E-state index is -0.451. The molecule has 0 fully saturated rings. The lowest BCUT2D eigenvalue weighted by molar-refractivity contribution is -0.113. The lowest BCUT2D eigenvalue weighted by Crippen LogP contribution is -2.15. The van der Waals surface area contributed by atoms with E-state index in [0.29, 0.717) is 22.3 Å². The standard InChI is InChI=1S/C16H13ClFNO3S/c17-11-5-10(6-14-16(11)22-9-21-14)7-23-8-15(20)19-13-4-2-1-3-12(13)18/h1-6H,7-9H2,(H,19,20). The van der Waals surface area contributed by atoms with Crippen molar-refractivity contribution in [3.8, 4) is 11.5 Å². The number of para-hydroxylation sites is 1. The monoisotopic (exact) mass is 353 g/mol. The van der Waals surface area contributed by atoms with E-state index in [0.717, 1.165) is 5.56 Å². The van der Waals surface area contributed by atoms with Crippen LogP contribution in [0.2, 0.25) is 5.02 Å². The summed E-state index contributed by atoms with van der Waals surface area (Å²) in [5.41, 5.74) is 1.12. The number of benzene rings is 2. The second-order valence-electron chi connectivity index (χ2n) is 4.83. The Morgan fingerprint density at radius 3 is 2.96 bits per heavy atom. The SMILES string of the molecule is O=C(CSCc1cc(Cl)c2c(c1)OCO2)Nc1ccccc1F. The van der Waals surface area contributed by atoms with Crippen LogP contribution in [0.5, 0.6) is 11.5 Å². The molecular weight excluding hydrogens is 341 g/mol. The number of carbonyl (C=O) groups excluding carboxylic acids is 1. The largest absolute Gasteiger partial charge is 0.454 e. The van der Waals surface area contributed by atoms with Crippen molar-refractivity contribution in [2.24, 2.45) is 0 Å². The Kier molecular flexibility index (Phi) is 4.93. The van der Waals surface area contributed by atoms with Crippen molar-refractivity contribution in [1.82, 2.24) is 0 Å². The van der Waals surface area contributed by atoms with Crippen molar-refractivity contribution in [2.75, 3.05) is 17.9 Å². The van der Waals surface area contributed by atoms with Crippen LogP contribution in [0.4, 0.5) is 10.1 Å². The summed E-state index contributed by atoms with van der Waals surface area (Å²) in [6.07, 6.45) is 0. The first-order valence-electron chi connectivity index (χ1n) is 6.83. The molecule has 1 aliphatic heterocycles. The quantitative estimate of drug-likeness (QED) is 0.879. The van der Waals surface area contributed by atoms with Gasteiger partial charge in [0.15, 0.2) is 11.5 Å². The zero-order chi connectivity index (χ0) is 16.2. The Balaban J connectivity index is 1.53. The Morgan fingerprint density at radius 2 is 2.13 bits per heavy atom. The molecule has 4 nitrogen and oxygen atoms in total. The van der Waals surface area contributed by atoms with Gasteiger partial charge in [-0.1, -0.05) is 23.7 Å². The van der Waals surface area contributed by atoms with Gasteiger partial charge in [-0.25, -0.2) is 4.39 Å². The van der Waals surface area contributed by atoms with Crippen molar-refractivity contribution < 1.29 is 18.7 Å². The van der Waals surface area contributed by atoms with E-state index in [1.54, 1.807) is 18.2 Å². The van der Waals surface area contributed by atoms with Crippen molar-refractivity contribution in [2.45, 2.75) is 5.75 Å². The summed E-state index contributed by atoms with van der Waals surface area (Å²) in [5.74, 6) is 1.25. The number of thioether (sulfide) groups is 1. The minimum absolute atomic E-state index is 0.163. The van der Waals surface area contributed by atoms with Gasteiger partial charge in [0.25, 0.3) is 0 Å². The topological polar surface area (TPSA) is 47.6 Å². The lowest BCUT2D eigenvalue weighted by Gasteiger charge is -2.07. The van der Waals surface area contributed by atoms with Crippen LogP contribution in [0.1, 0.15) is 5.56 Å². The highest BCUT2D eigenvalue weighted by atomic mass is 35.5. The fraction of sp³-hybridized carbons (Fsp3) is 0.188. The molecule has 0 atom stereocenters. The summed E-state index contributed by atoms with van der Waals surface area (Å²) < 4.78 is 24.0. The minimum Gasteiger partial charge on any atom is -0.454 e. The summed E-state index contributed by atoms with van der Waals surface area (Å²) >= 11 is 7.51. The molecule has 1 aliphatic rings. The molecular formula is C16H13ClFNO3S. The van der Waals surface area contributed by atoms with E-state index in [1.165, 1.54) is 23.9 Å². The van der Waals surface area contributed by atoms with E-state index in [1.807, 2.05) is 6.07 Å². The highest BCUT2D eigenvalue weighted by Crippen LogP contribution is 2.40. The fourth-order valence-electron chi connectivity index (χ4n) is 2.11. The number of ether oxygens (including phenoxy) is 2. The Labute approximate surface area is 141 Å². The second-order valence-corrected chi connectivity index (χ2v) is 6.23. The summed E-state index contributed by atoms with van der Waals surface area (Å²) in [6.45, 7) is 0.163. The molecule has 1 N–H and O–H groups in total. The van der Waals surface area contributed by atoms with Gasteiger partial charge in [-0.3, -0.25) is 4.79 Å². The molecule has 0 aromatic heterocycles. The molecule has 0 radical (unpaired) electrons. The van der Waals surface area contributed by atoms with Gasteiger partial charge in [0.2, 0.25) is 12.7 Å². The van der Waals surface area contributed by atoms with E-state index in [2.05, 4.69) is 5.32 Å². The van der Waals surface area contributed by atoms with Crippen molar-refractivity contribution in [3.63, 3.8) is 0 Å². The van der Waals surface area contributed by atoms with Crippen LogP contribution >= 0.6 is 23.4 Å². The Bertz CT molecular complexity index is 741. The summed E-state index contributed by atoms with van der Waals surface area (Å²) in [4.78, 5) is 11.8. The zero-order valence-corrected chi connectivity index (χ0v) is 13.5. The second kappa shape index (κ2) is 7.10. The highest BCUT2D eigenvalue weighted by Gasteiger charge is 2.18. The average Bonchev–Trinajstić information content (AvgIpc) is 2.99. The van der Waals surface area contributed by atoms with E-state index in [-0.39, 0.29) is 24.1 Å². The van der Waals surface area contributed by atoms with Crippen molar-refractivity contribution in [3.05, 3.63) is 52.8 Å². The van der Waals surface area contributed by atoms with Crippen LogP contribution in [0.15, 0.2) is 36.4 Å². The van der Waals surface area contributed by atoms with E-state index in [4.69, 9.17) is 21.1 Å². The molecule has 0 bridgehead atoms. The molecule has 23 heavy (non-hydrogen) atoms. The first kappa shape index (κ1) is 16.0. The Morgan fingerprint density at radius 1 is 1.30 bits per heavy atom. The van der Waals surface area contributed by atoms with Crippen LogP contribution < -0.4 is 14.8 Å². The predicted molar refractivity (Wildman–Crippen MR) is 88.8 cm³/mol. The molecule has 0 saturated heterocycles. The number of rotatable bonds is 5. The number of hydrogen-bond acceptors (Lipinski definition) is 4.